The Balaban J connectivity index is 2.42. The predicted octanol–water partition coefficient (Wildman–Crippen LogP) is 2.60. The Labute approximate surface area is 97.9 Å². The van der Waals surface area contributed by atoms with Gasteiger partial charge in [-0.15, -0.1) is 0 Å². The lowest BCUT2D eigenvalue weighted by Crippen LogP contribution is -2.15. The van der Waals surface area contributed by atoms with E-state index in [-0.39, 0.29) is 5.56 Å². The van der Waals surface area contributed by atoms with Crippen LogP contribution in [0.15, 0.2) is 52.0 Å². The van der Waals surface area contributed by atoms with Crippen molar-refractivity contribution < 1.29 is 4.42 Å². The Morgan fingerprint density at radius 2 is 2.00 bits per heavy atom. The van der Waals surface area contributed by atoms with Crippen LogP contribution in [0.3, 0.4) is 0 Å². The summed E-state index contributed by atoms with van der Waals surface area (Å²) in [5.74, 6) is 0. The van der Waals surface area contributed by atoms with Gasteiger partial charge in [0.2, 0.25) is 0 Å². The molecule has 0 atom stereocenters. The Bertz CT molecular complexity index is 723. The number of hydrogen-bond acceptors (Lipinski definition) is 2. The van der Waals surface area contributed by atoms with Gasteiger partial charge in [0.25, 0.3) is 5.56 Å². The number of aromatic nitrogens is 1. The Morgan fingerprint density at radius 1 is 1.24 bits per heavy atom. The molecule has 0 unspecified atom stereocenters. The number of furan rings is 1. The average molecular weight is 224 g/mol. The minimum atomic E-state index is -0.115. The van der Waals surface area contributed by atoms with Gasteiger partial charge in [0.05, 0.1) is 6.26 Å². The fourth-order valence-corrected chi connectivity index (χ4v) is 1.97. The summed E-state index contributed by atoms with van der Waals surface area (Å²) in [7, 11) is 1.73. The number of fused-ring (bicyclic) bond motifs is 1. The Hall–Kier alpha value is -2.29. The van der Waals surface area contributed by atoms with Crippen LogP contribution in [0, 0.1) is 6.07 Å². The summed E-state index contributed by atoms with van der Waals surface area (Å²) in [5.41, 5.74) is 2.32. The number of rotatable bonds is 1. The standard InChI is InChI=1S/C14H10NO2/c1-15-9-12(10-5-3-2-4-6-10)11-7-8-17-13(11)14(15)16/h3-9H,1H3. The molecule has 3 rings (SSSR count). The first-order valence-electron chi connectivity index (χ1n) is 5.31. The summed E-state index contributed by atoms with van der Waals surface area (Å²) >= 11 is 0. The summed E-state index contributed by atoms with van der Waals surface area (Å²) in [6, 6.07) is 12.4. The van der Waals surface area contributed by atoms with Crippen molar-refractivity contribution in [2.75, 3.05) is 0 Å². The molecule has 0 amide bonds. The van der Waals surface area contributed by atoms with Crippen LogP contribution in [0.1, 0.15) is 0 Å². The van der Waals surface area contributed by atoms with E-state index in [1.807, 2.05) is 36.5 Å². The van der Waals surface area contributed by atoms with Crippen molar-refractivity contribution in [2.45, 2.75) is 0 Å². The first-order chi connectivity index (χ1) is 8.27. The second kappa shape index (κ2) is 3.63. The first kappa shape index (κ1) is 9.90. The van der Waals surface area contributed by atoms with Crippen LogP contribution < -0.4 is 5.56 Å². The summed E-state index contributed by atoms with van der Waals surface area (Å²) in [6.45, 7) is 0. The molecule has 0 fully saturated rings. The van der Waals surface area contributed by atoms with E-state index in [1.165, 1.54) is 4.57 Å². The molecular weight excluding hydrogens is 214 g/mol. The molecule has 0 spiro atoms. The van der Waals surface area contributed by atoms with Crippen molar-refractivity contribution in [1.29, 1.82) is 0 Å². The molecule has 0 N–H and O–H groups in total. The lowest BCUT2D eigenvalue weighted by Gasteiger charge is -2.05. The highest BCUT2D eigenvalue weighted by Gasteiger charge is 2.10. The fourth-order valence-electron chi connectivity index (χ4n) is 1.97. The van der Waals surface area contributed by atoms with Gasteiger partial charge in [-0.05, 0) is 17.7 Å². The number of benzene rings is 1. The molecule has 0 aliphatic carbocycles. The van der Waals surface area contributed by atoms with Gasteiger partial charge in [0.15, 0.2) is 5.58 Å². The van der Waals surface area contributed by atoms with Crippen molar-refractivity contribution in [2.24, 2.45) is 7.05 Å². The third kappa shape index (κ3) is 1.47. The molecule has 0 saturated carbocycles. The van der Waals surface area contributed by atoms with Crippen LogP contribution in [-0.2, 0) is 7.05 Å². The van der Waals surface area contributed by atoms with E-state index in [0.717, 1.165) is 16.5 Å². The second-order valence-electron chi connectivity index (χ2n) is 3.91. The molecule has 0 aliphatic rings. The zero-order valence-corrected chi connectivity index (χ0v) is 9.31. The molecule has 1 aromatic carbocycles. The van der Waals surface area contributed by atoms with Crippen LogP contribution in [0.25, 0.3) is 22.1 Å². The first-order valence-corrected chi connectivity index (χ1v) is 5.31. The van der Waals surface area contributed by atoms with Gasteiger partial charge in [-0.2, -0.15) is 0 Å². The van der Waals surface area contributed by atoms with Crippen LogP contribution in [0.5, 0.6) is 0 Å². The van der Waals surface area contributed by atoms with Gasteiger partial charge in [0.1, 0.15) is 0 Å². The molecule has 3 heteroatoms. The van der Waals surface area contributed by atoms with E-state index in [1.54, 1.807) is 13.3 Å². The number of nitrogens with zero attached hydrogens (tertiary/aromatic N) is 1. The van der Waals surface area contributed by atoms with Crippen molar-refractivity contribution in [3.8, 4) is 11.1 Å². The van der Waals surface area contributed by atoms with E-state index in [2.05, 4.69) is 6.07 Å². The lowest BCUT2D eigenvalue weighted by molar-refractivity contribution is 0.605. The molecule has 2 heterocycles. The van der Waals surface area contributed by atoms with Crippen molar-refractivity contribution in [1.82, 2.24) is 4.57 Å². The Kier molecular flexibility index (Phi) is 2.11. The predicted molar refractivity (Wildman–Crippen MR) is 65.7 cm³/mol. The van der Waals surface area contributed by atoms with Gasteiger partial charge < -0.3 is 8.98 Å². The monoisotopic (exact) mass is 224 g/mol. The highest BCUT2D eigenvalue weighted by Crippen LogP contribution is 2.26. The summed E-state index contributed by atoms with van der Waals surface area (Å²) < 4.78 is 6.79. The number of aryl methyl sites for hydroxylation is 1. The highest BCUT2D eigenvalue weighted by atomic mass is 16.3. The molecular formula is C14H10NO2. The molecule has 3 nitrogen and oxygen atoms in total. The molecule has 83 valence electrons. The SMILES string of the molecule is Cn1cc(-c2cc[c]cc2)c2ccoc2c1=O. The fraction of sp³-hybridized carbons (Fsp3) is 0.0714. The van der Waals surface area contributed by atoms with Crippen molar-refractivity contribution >= 4 is 11.0 Å². The zero-order chi connectivity index (χ0) is 11.8. The quantitative estimate of drug-likeness (QED) is 0.636. The number of pyridine rings is 1. The third-order valence-corrected chi connectivity index (χ3v) is 2.82. The minimum Gasteiger partial charge on any atom is -0.458 e. The second-order valence-corrected chi connectivity index (χ2v) is 3.91. The van der Waals surface area contributed by atoms with E-state index in [0.29, 0.717) is 5.58 Å². The maximum atomic E-state index is 11.8. The van der Waals surface area contributed by atoms with Gasteiger partial charge in [-0.1, -0.05) is 24.3 Å². The van der Waals surface area contributed by atoms with Crippen LogP contribution in [0.2, 0.25) is 0 Å². The van der Waals surface area contributed by atoms with Crippen LogP contribution >= 0.6 is 0 Å². The molecule has 2 aromatic heterocycles. The summed E-state index contributed by atoms with van der Waals surface area (Å²) in [6.07, 6.45) is 3.38. The van der Waals surface area contributed by atoms with E-state index >= 15 is 0 Å². The summed E-state index contributed by atoms with van der Waals surface area (Å²) in [5, 5.41) is 0.847. The van der Waals surface area contributed by atoms with E-state index < -0.39 is 0 Å². The molecule has 0 aliphatic heterocycles. The van der Waals surface area contributed by atoms with E-state index in [4.69, 9.17) is 4.42 Å². The summed E-state index contributed by atoms with van der Waals surface area (Å²) in [4.78, 5) is 11.8. The third-order valence-electron chi connectivity index (χ3n) is 2.82. The minimum absolute atomic E-state index is 0.115. The number of hydrogen-bond donors (Lipinski definition) is 0. The van der Waals surface area contributed by atoms with Gasteiger partial charge >= 0.3 is 0 Å². The molecule has 3 aromatic rings. The van der Waals surface area contributed by atoms with Crippen molar-refractivity contribution in [3.63, 3.8) is 0 Å². The smallest absolute Gasteiger partial charge is 0.293 e. The normalized spacial score (nSPS) is 10.9. The van der Waals surface area contributed by atoms with Gasteiger partial charge in [-0.25, -0.2) is 0 Å². The molecule has 0 bridgehead atoms. The zero-order valence-electron chi connectivity index (χ0n) is 9.31. The maximum absolute atomic E-state index is 11.8. The van der Waals surface area contributed by atoms with E-state index in [9.17, 15) is 4.79 Å². The average Bonchev–Trinajstić information content (AvgIpc) is 2.84. The molecule has 0 saturated heterocycles. The maximum Gasteiger partial charge on any atom is 0.293 e. The molecule has 1 radical (unpaired) electrons. The van der Waals surface area contributed by atoms with Gasteiger partial charge in [-0.3, -0.25) is 4.79 Å². The van der Waals surface area contributed by atoms with Crippen LogP contribution in [0.4, 0.5) is 0 Å². The lowest BCUT2D eigenvalue weighted by atomic mass is 10.0. The topological polar surface area (TPSA) is 35.1 Å². The van der Waals surface area contributed by atoms with Crippen LogP contribution in [-0.4, -0.2) is 4.57 Å². The van der Waals surface area contributed by atoms with Crippen molar-refractivity contribution in [3.05, 3.63) is 59.2 Å². The largest absolute Gasteiger partial charge is 0.458 e. The highest BCUT2D eigenvalue weighted by molar-refractivity contribution is 5.92. The van der Waals surface area contributed by atoms with Gasteiger partial charge in [0, 0.05) is 24.2 Å². The molecule has 17 heavy (non-hydrogen) atoms. The Morgan fingerprint density at radius 3 is 2.76 bits per heavy atom.